The van der Waals surface area contributed by atoms with Crippen LogP contribution in [0.15, 0.2) is 36.4 Å². The predicted molar refractivity (Wildman–Crippen MR) is 75.0 cm³/mol. The molecule has 0 unspecified atom stereocenters. The van der Waals surface area contributed by atoms with Crippen molar-refractivity contribution in [3.05, 3.63) is 58.4 Å². The Labute approximate surface area is 120 Å². The Morgan fingerprint density at radius 3 is 2.95 bits per heavy atom. The fourth-order valence-electron chi connectivity index (χ4n) is 2.13. The van der Waals surface area contributed by atoms with Crippen LogP contribution in [0.5, 0.6) is 5.75 Å². The summed E-state index contributed by atoms with van der Waals surface area (Å²) in [5.74, 6) is -0.294. The molecule has 1 N–H and O–H groups in total. The molecule has 0 saturated carbocycles. The number of benzene rings is 2. The average Bonchev–Trinajstić information content (AvgIpc) is 2.89. The summed E-state index contributed by atoms with van der Waals surface area (Å²) in [6.07, 6.45) is 0.810. The van der Waals surface area contributed by atoms with Gasteiger partial charge in [0.15, 0.2) is 0 Å². The minimum atomic E-state index is -0.601. The van der Waals surface area contributed by atoms with Gasteiger partial charge in [0.1, 0.15) is 11.6 Å². The van der Waals surface area contributed by atoms with Crippen molar-refractivity contribution in [1.82, 2.24) is 0 Å². The van der Waals surface area contributed by atoms with Crippen molar-refractivity contribution in [3.8, 4) is 5.75 Å². The van der Waals surface area contributed by atoms with E-state index in [1.54, 1.807) is 12.1 Å². The molecule has 1 aliphatic rings. The van der Waals surface area contributed by atoms with Crippen molar-refractivity contribution in [2.45, 2.75) is 6.42 Å². The molecule has 0 spiro atoms. The van der Waals surface area contributed by atoms with Crippen LogP contribution in [0.1, 0.15) is 15.9 Å². The third-order valence-electron chi connectivity index (χ3n) is 3.12. The molecule has 102 valence electrons. The van der Waals surface area contributed by atoms with Crippen LogP contribution in [-0.4, -0.2) is 12.5 Å². The van der Waals surface area contributed by atoms with Gasteiger partial charge in [-0.05, 0) is 42.0 Å². The van der Waals surface area contributed by atoms with Crippen LogP contribution in [0.3, 0.4) is 0 Å². The minimum Gasteiger partial charge on any atom is -0.493 e. The maximum Gasteiger partial charge on any atom is 0.258 e. The topological polar surface area (TPSA) is 38.3 Å². The number of carbonyl (C=O) groups excluding carboxylic acids is 1. The number of hydrogen-bond acceptors (Lipinski definition) is 2. The Balaban J connectivity index is 1.84. The van der Waals surface area contributed by atoms with E-state index in [4.69, 9.17) is 16.3 Å². The van der Waals surface area contributed by atoms with Gasteiger partial charge in [-0.2, -0.15) is 0 Å². The Hall–Kier alpha value is -2.07. The second-order valence-electron chi connectivity index (χ2n) is 4.50. The van der Waals surface area contributed by atoms with Gasteiger partial charge in [0.2, 0.25) is 0 Å². The molecule has 3 nitrogen and oxygen atoms in total. The van der Waals surface area contributed by atoms with Crippen LogP contribution in [-0.2, 0) is 6.42 Å². The number of fused-ring (bicyclic) bond motifs is 1. The Kier molecular flexibility index (Phi) is 3.32. The number of hydrogen-bond donors (Lipinski definition) is 1. The van der Waals surface area contributed by atoms with Crippen molar-refractivity contribution in [3.63, 3.8) is 0 Å². The Morgan fingerprint density at radius 1 is 1.25 bits per heavy atom. The molecule has 0 radical (unpaired) electrons. The standard InChI is InChI=1S/C15H11ClFNO2/c16-10-1-3-13(17)12(8-10)15(19)18-11-2-4-14-9(7-11)5-6-20-14/h1-4,7-8H,5-6H2,(H,18,19). The van der Waals surface area contributed by atoms with Gasteiger partial charge in [-0.1, -0.05) is 11.6 Å². The molecule has 1 amide bonds. The molecular weight excluding hydrogens is 281 g/mol. The molecule has 0 fully saturated rings. The van der Waals surface area contributed by atoms with Crippen molar-refractivity contribution in [1.29, 1.82) is 0 Å². The summed E-state index contributed by atoms with van der Waals surface area (Å²) in [5.41, 5.74) is 1.57. The number of carbonyl (C=O) groups is 1. The molecule has 0 aromatic heterocycles. The molecule has 0 aliphatic carbocycles. The van der Waals surface area contributed by atoms with Crippen LogP contribution in [0.25, 0.3) is 0 Å². The van der Waals surface area contributed by atoms with E-state index in [0.717, 1.165) is 17.7 Å². The lowest BCUT2D eigenvalue weighted by Crippen LogP contribution is -2.13. The smallest absolute Gasteiger partial charge is 0.258 e. The predicted octanol–water partition coefficient (Wildman–Crippen LogP) is 3.67. The molecule has 2 aromatic carbocycles. The molecule has 0 bridgehead atoms. The maximum atomic E-state index is 13.6. The molecule has 0 saturated heterocycles. The summed E-state index contributed by atoms with van der Waals surface area (Å²) in [5, 5.41) is 2.98. The minimum absolute atomic E-state index is 0.0748. The van der Waals surface area contributed by atoms with Crippen LogP contribution < -0.4 is 10.1 Å². The third kappa shape index (κ3) is 2.47. The van der Waals surface area contributed by atoms with Crippen LogP contribution >= 0.6 is 11.6 Å². The van der Waals surface area contributed by atoms with Crippen molar-refractivity contribution < 1.29 is 13.9 Å². The van der Waals surface area contributed by atoms with Crippen LogP contribution in [0.2, 0.25) is 5.02 Å². The summed E-state index contributed by atoms with van der Waals surface area (Å²) in [4.78, 5) is 12.0. The summed E-state index contributed by atoms with van der Waals surface area (Å²) in [6, 6.07) is 9.25. The van der Waals surface area contributed by atoms with Crippen molar-refractivity contribution in [2.75, 3.05) is 11.9 Å². The number of halogens is 2. The quantitative estimate of drug-likeness (QED) is 0.917. The van der Waals surface area contributed by atoms with E-state index in [1.807, 2.05) is 6.07 Å². The second-order valence-corrected chi connectivity index (χ2v) is 4.94. The van der Waals surface area contributed by atoms with E-state index < -0.39 is 11.7 Å². The lowest BCUT2D eigenvalue weighted by molar-refractivity contribution is 0.102. The number of ether oxygens (including phenoxy) is 1. The normalized spacial score (nSPS) is 12.7. The molecule has 5 heteroatoms. The van der Waals surface area contributed by atoms with Gasteiger partial charge in [-0.25, -0.2) is 4.39 Å². The van der Waals surface area contributed by atoms with Gasteiger partial charge in [-0.15, -0.1) is 0 Å². The van der Waals surface area contributed by atoms with E-state index in [1.165, 1.54) is 18.2 Å². The fourth-order valence-corrected chi connectivity index (χ4v) is 2.31. The Bertz CT molecular complexity index is 688. The van der Waals surface area contributed by atoms with Gasteiger partial charge < -0.3 is 10.1 Å². The fraction of sp³-hybridized carbons (Fsp3) is 0.133. The molecular formula is C15H11ClFNO2. The molecule has 1 heterocycles. The summed E-state index contributed by atoms with van der Waals surface area (Å²) in [6.45, 7) is 0.648. The van der Waals surface area contributed by atoms with E-state index in [0.29, 0.717) is 17.3 Å². The van der Waals surface area contributed by atoms with E-state index in [9.17, 15) is 9.18 Å². The maximum absolute atomic E-state index is 13.6. The highest BCUT2D eigenvalue weighted by Crippen LogP contribution is 2.28. The van der Waals surface area contributed by atoms with Crippen molar-refractivity contribution in [2.24, 2.45) is 0 Å². The van der Waals surface area contributed by atoms with E-state index >= 15 is 0 Å². The molecule has 2 aromatic rings. The zero-order valence-corrected chi connectivity index (χ0v) is 11.2. The monoisotopic (exact) mass is 291 g/mol. The molecule has 0 atom stereocenters. The van der Waals surface area contributed by atoms with Crippen LogP contribution in [0, 0.1) is 5.82 Å². The van der Waals surface area contributed by atoms with Crippen LogP contribution in [0.4, 0.5) is 10.1 Å². The molecule has 20 heavy (non-hydrogen) atoms. The average molecular weight is 292 g/mol. The lowest BCUT2D eigenvalue weighted by atomic mass is 10.1. The first-order valence-electron chi connectivity index (χ1n) is 6.15. The molecule has 3 rings (SSSR count). The first-order chi connectivity index (χ1) is 9.63. The third-order valence-corrected chi connectivity index (χ3v) is 3.36. The van der Waals surface area contributed by atoms with E-state index in [2.05, 4.69) is 5.32 Å². The van der Waals surface area contributed by atoms with Gasteiger partial charge in [-0.3, -0.25) is 4.79 Å². The SMILES string of the molecule is O=C(Nc1ccc2c(c1)CCO2)c1cc(Cl)ccc1F. The van der Waals surface area contributed by atoms with Crippen molar-refractivity contribution >= 4 is 23.2 Å². The summed E-state index contributed by atoms with van der Waals surface area (Å²) in [7, 11) is 0. The number of nitrogens with one attached hydrogen (secondary N) is 1. The second kappa shape index (κ2) is 5.13. The lowest BCUT2D eigenvalue weighted by Gasteiger charge is -2.08. The Morgan fingerprint density at radius 2 is 2.10 bits per heavy atom. The van der Waals surface area contributed by atoms with Gasteiger partial charge >= 0.3 is 0 Å². The van der Waals surface area contributed by atoms with Gasteiger partial charge in [0.25, 0.3) is 5.91 Å². The highest BCUT2D eigenvalue weighted by atomic mass is 35.5. The zero-order chi connectivity index (χ0) is 14.1. The largest absolute Gasteiger partial charge is 0.493 e. The first-order valence-corrected chi connectivity index (χ1v) is 6.53. The van der Waals surface area contributed by atoms with Gasteiger partial charge in [0, 0.05) is 17.1 Å². The number of rotatable bonds is 2. The summed E-state index contributed by atoms with van der Waals surface area (Å²) < 4.78 is 19.0. The highest BCUT2D eigenvalue weighted by Gasteiger charge is 2.15. The molecule has 1 aliphatic heterocycles. The van der Waals surface area contributed by atoms with E-state index in [-0.39, 0.29) is 5.56 Å². The van der Waals surface area contributed by atoms with Gasteiger partial charge in [0.05, 0.1) is 12.2 Å². The summed E-state index contributed by atoms with van der Waals surface area (Å²) >= 11 is 5.78. The highest BCUT2D eigenvalue weighted by molar-refractivity contribution is 6.31. The zero-order valence-electron chi connectivity index (χ0n) is 10.5. The number of anilines is 1. The number of amides is 1. The first kappa shape index (κ1) is 12.9.